The molecule has 1 atom stereocenters. The number of esters is 1. The molecule has 1 aliphatic rings. The van der Waals surface area contributed by atoms with Crippen molar-refractivity contribution in [2.24, 2.45) is 0 Å². The molecule has 1 amide bonds. The fraction of sp³-hybridized carbons (Fsp3) is 0.333. The average molecular weight is 418 g/mol. The summed E-state index contributed by atoms with van der Waals surface area (Å²) < 4.78 is 5.47. The summed E-state index contributed by atoms with van der Waals surface area (Å²) in [6, 6.07) is 15.2. The fourth-order valence-corrected chi connectivity index (χ4v) is 3.72. The van der Waals surface area contributed by atoms with Gasteiger partial charge < -0.3 is 14.5 Å². The van der Waals surface area contributed by atoms with Gasteiger partial charge in [0.1, 0.15) is 0 Å². The van der Waals surface area contributed by atoms with Crippen LogP contribution in [0.2, 0.25) is 0 Å². The summed E-state index contributed by atoms with van der Waals surface area (Å²) in [6.45, 7) is 8.09. The van der Waals surface area contributed by atoms with Crippen LogP contribution in [0.4, 0.5) is 5.69 Å². The van der Waals surface area contributed by atoms with Gasteiger partial charge in [0.25, 0.3) is 5.91 Å². The summed E-state index contributed by atoms with van der Waals surface area (Å²) in [6.07, 6.45) is -0.850. The number of aromatic nitrogens is 2. The lowest BCUT2D eigenvalue weighted by Crippen LogP contribution is -2.51. The minimum atomic E-state index is -0.850. The molecule has 1 aliphatic heterocycles. The molecule has 0 radical (unpaired) electrons. The van der Waals surface area contributed by atoms with Crippen LogP contribution in [0.3, 0.4) is 0 Å². The van der Waals surface area contributed by atoms with Crippen LogP contribution in [0.5, 0.6) is 0 Å². The van der Waals surface area contributed by atoms with E-state index >= 15 is 0 Å². The number of para-hydroxylation sites is 1. The van der Waals surface area contributed by atoms with Gasteiger partial charge in [-0.05, 0) is 51.1 Å². The first kappa shape index (κ1) is 20.8. The molecule has 7 nitrogen and oxygen atoms in total. The van der Waals surface area contributed by atoms with E-state index in [0.717, 1.165) is 35.7 Å². The Kier molecular flexibility index (Phi) is 5.84. The predicted molar refractivity (Wildman–Crippen MR) is 119 cm³/mol. The van der Waals surface area contributed by atoms with Crippen molar-refractivity contribution >= 4 is 28.6 Å². The SMILES string of the molecule is Cc1nc2ccc(C(=O)OC(C)C(=O)N3CCN(c4ccccc4)CC3)cc2nc1C. The number of hydrogen-bond acceptors (Lipinski definition) is 6. The Morgan fingerprint density at radius 2 is 1.55 bits per heavy atom. The van der Waals surface area contributed by atoms with Gasteiger partial charge >= 0.3 is 5.97 Å². The molecule has 31 heavy (non-hydrogen) atoms. The summed E-state index contributed by atoms with van der Waals surface area (Å²) in [5.74, 6) is -0.709. The largest absolute Gasteiger partial charge is 0.449 e. The van der Waals surface area contributed by atoms with E-state index in [0.29, 0.717) is 24.2 Å². The minimum absolute atomic E-state index is 0.173. The Morgan fingerprint density at radius 3 is 2.23 bits per heavy atom. The molecule has 0 aliphatic carbocycles. The molecule has 0 N–H and O–H groups in total. The number of amides is 1. The highest BCUT2D eigenvalue weighted by molar-refractivity contribution is 5.95. The number of aryl methyl sites for hydroxylation is 2. The maximum atomic E-state index is 12.8. The van der Waals surface area contributed by atoms with E-state index in [1.807, 2.05) is 32.0 Å². The molecule has 0 bridgehead atoms. The number of piperazine rings is 1. The van der Waals surface area contributed by atoms with Crippen LogP contribution in [0, 0.1) is 13.8 Å². The third-order valence-corrected chi connectivity index (χ3v) is 5.66. The Labute approximate surface area is 181 Å². The van der Waals surface area contributed by atoms with Gasteiger partial charge in [-0.2, -0.15) is 0 Å². The van der Waals surface area contributed by atoms with Crippen LogP contribution in [0.1, 0.15) is 28.7 Å². The summed E-state index contributed by atoms with van der Waals surface area (Å²) >= 11 is 0. The zero-order chi connectivity index (χ0) is 22.0. The number of carbonyl (C=O) groups excluding carboxylic acids is 2. The van der Waals surface area contributed by atoms with E-state index in [4.69, 9.17) is 4.74 Å². The zero-order valence-corrected chi connectivity index (χ0v) is 18.0. The zero-order valence-electron chi connectivity index (χ0n) is 18.0. The Balaban J connectivity index is 1.37. The van der Waals surface area contributed by atoms with Crippen LogP contribution >= 0.6 is 0 Å². The molecule has 7 heteroatoms. The number of ether oxygens (including phenoxy) is 1. The quantitative estimate of drug-likeness (QED) is 0.606. The second-order valence-electron chi connectivity index (χ2n) is 7.79. The van der Waals surface area contributed by atoms with Crippen LogP contribution in [-0.4, -0.2) is 59.0 Å². The molecule has 1 saturated heterocycles. The third kappa shape index (κ3) is 4.50. The molecular weight excluding hydrogens is 392 g/mol. The van der Waals surface area contributed by atoms with Crippen molar-refractivity contribution in [2.75, 3.05) is 31.1 Å². The maximum Gasteiger partial charge on any atom is 0.338 e. The molecule has 1 unspecified atom stereocenters. The van der Waals surface area contributed by atoms with E-state index in [9.17, 15) is 9.59 Å². The number of nitrogens with zero attached hydrogens (tertiary/aromatic N) is 4. The Morgan fingerprint density at radius 1 is 0.903 bits per heavy atom. The highest BCUT2D eigenvalue weighted by Crippen LogP contribution is 2.18. The Bertz CT molecular complexity index is 1110. The topological polar surface area (TPSA) is 75.6 Å². The van der Waals surface area contributed by atoms with Crippen molar-refractivity contribution in [3.8, 4) is 0 Å². The standard InChI is InChI=1S/C24H26N4O3/c1-16-17(2)26-22-15-19(9-10-21(22)25-16)24(30)31-18(3)23(29)28-13-11-27(12-14-28)20-7-5-4-6-8-20/h4-10,15,18H,11-14H2,1-3H3. The van der Waals surface area contributed by atoms with Crippen molar-refractivity contribution in [3.63, 3.8) is 0 Å². The molecule has 2 aromatic carbocycles. The molecule has 160 valence electrons. The summed E-state index contributed by atoms with van der Waals surface area (Å²) in [5, 5.41) is 0. The number of anilines is 1. The smallest absolute Gasteiger partial charge is 0.338 e. The lowest BCUT2D eigenvalue weighted by atomic mass is 10.2. The van der Waals surface area contributed by atoms with Gasteiger partial charge in [0, 0.05) is 31.9 Å². The fourth-order valence-electron chi connectivity index (χ4n) is 3.72. The van der Waals surface area contributed by atoms with Crippen LogP contribution in [-0.2, 0) is 9.53 Å². The van der Waals surface area contributed by atoms with Gasteiger partial charge in [0.15, 0.2) is 6.10 Å². The second kappa shape index (κ2) is 8.71. The number of fused-ring (bicyclic) bond motifs is 1. The van der Waals surface area contributed by atoms with Crippen molar-refractivity contribution in [2.45, 2.75) is 26.9 Å². The van der Waals surface area contributed by atoms with Crippen molar-refractivity contribution in [1.29, 1.82) is 0 Å². The van der Waals surface area contributed by atoms with Gasteiger partial charge in [0.05, 0.1) is 28.0 Å². The number of benzene rings is 2. The van der Waals surface area contributed by atoms with E-state index in [-0.39, 0.29) is 5.91 Å². The molecule has 1 fully saturated rings. The normalized spacial score (nSPS) is 15.1. The summed E-state index contributed by atoms with van der Waals surface area (Å²) in [7, 11) is 0. The molecular formula is C24H26N4O3. The molecule has 4 rings (SSSR count). The van der Waals surface area contributed by atoms with Crippen molar-refractivity contribution < 1.29 is 14.3 Å². The first-order valence-electron chi connectivity index (χ1n) is 10.5. The molecule has 1 aromatic heterocycles. The van der Waals surface area contributed by atoms with E-state index in [1.54, 1.807) is 30.0 Å². The van der Waals surface area contributed by atoms with E-state index in [2.05, 4.69) is 27.0 Å². The van der Waals surface area contributed by atoms with Gasteiger partial charge in [-0.15, -0.1) is 0 Å². The lowest BCUT2D eigenvalue weighted by molar-refractivity contribution is -0.140. The van der Waals surface area contributed by atoms with Crippen molar-refractivity contribution in [3.05, 3.63) is 65.5 Å². The van der Waals surface area contributed by atoms with E-state index in [1.165, 1.54) is 0 Å². The highest BCUT2D eigenvalue weighted by Gasteiger charge is 2.27. The summed E-state index contributed by atoms with van der Waals surface area (Å²) in [5.41, 5.74) is 4.54. The highest BCUT2D eigenvalue weighted by atomic mass is 16.5. The summed E-state index contributed by atoms with van der Waals surface area (Å²) in [4.78, 5) is 38.4. The van der Waals surface area contributed by atoms with Gasteiger partial charge in [-0.1, -0.05) is 18.2 Å². The van der Waals surface area contributed by atoms with E-state index < -0.39 is 12.1 Å². The van der Waals surface area contributed by atoms with Crippen molar-refractivity contribution in [1.82, 2.24) is 14.9 Å². The lowest BCUT2D eigenvalue weighted by Gasteiger charge is -2.37. The van der Waals surface area contributed by atoms with Gasteiger partial charge in [-0.3, -0.25) is 4.79 Å². The van der Waals surface area contributed by atoms with Gasteiger partial charge in [-0.25, -0.2) is 14.8 Å². The van der Waals surface area contributed by atoms with Gasteiger partial charge in [0.2, 0.25) is 0 Å². The molecule has 0 saturated carbocycles. The van der Waals surface area contributed by atoms with Crippen LogP contribution in [0.25, 0.3) is 11.0 Å². The van der Waals surface area contributed by atoms with Crippen LogP contribution < -0.4 is 4.90 Å². The minimum Gasteiger partial charge on any atom is -0.449 e. The third-order valence-electron chi connectivity index (χ3n) is 5.66. The molecule has 2 heterocycles. The first-order chi connectivity index (χ1) is 14.9. The number of carbonyl (C=O) groups is 2. The monoisotopic (exact) mass is 418 g/mol. The molecule has 0 spiro atoms. The predicted octanol–water partition coefficient (Wildman–Crippen LogP) is 3.14. The molecule has 3 aromatic rings. The average Bonchev–Trinajstić information content (AvgIpc) is 2.79. The second-order valence-corrected chi connectivity index (χ2v) is 7.79. The first-order valence-corrected chi connectivity index (χ1v) is 10.5. The van der Waals surface area contributed by atoms with Crippen LogP contribution in [0.15, 0.2) is 48.5 Å². The Hall–Kier alpha value is -3.48. The number of hydrogen-bond donors (Lipinski definition) is 0. The maximum absolute atomic E-state index is 12.8. The number of rotatable bonds is 4.